The monoisotopic (exact) mass is 512 g/mol. The fraction of sp³-hybridized carbons (Fsp3) is 0.174. The van der Waals surface area contributed by atoms with Crippen LogP contribution in [0.3, 0.4) is 0 Å². The van der Waals surface area contributed by atoms with Crippen LogP contribution >= 0.6 is 28.1 Å². The molecule has 4 aromatic rings. The van der Waals surface area contributed by atoms with Crippen molar-refractivity contribution >= 4 is 44.6 Å². The zero-order valence-corrected chi connectivity index (χ0v) is 20.0. The second-order valence-electron chi connectivity index (χ2n) is 7.46. The van der Waals surface area contributed by atoms with Crippen molar-refractivity contribution in [3.63, 3.8) is 0 Å². The summed E-state index contributed by atoms with van der Waals surface area (Å²) in [4.78, 5) is 0. The Morgan fingerprint density at radius 2 is 1.66 bits per heavy atom. The lowest BCUT2D eigenvalue weighted by Gasteiger charge is -2.10. The Bertz CT molecular complexity index is 1230. The first-order valence-corrected chi connectivity index (χ1v) is 11.2. The Labute approximate surface area is 199 Å². The summed E-state index contributed by atoms with van der Waals surface area (Å²) in [5, 5.41) is 15.9. The molecule has 0 fully saturated rings. The summed E-state index contributed by atoms with van der Waals surface area (Å²) in [5.74, 6) is -0.249. The highest BCUT2D eigenvalue weighted by Gasteiger charge is 2.13. The molecule has 0 amide bonds. The van der Waals surface area contributed by atoms with Gasteiger partial charge in [0, 0.05) is 10.7 Å². The van der Waals surface area contributed by atoms with Crippen LogP contribution in [-0.4, -0.2) is 24.7 Å². The van der Waals surface area contributed by atoms with E-state index in [1.165, 1.54) is 12.1 Å². The van der Waals surface area contributed by atoms with Gasteiger partial charge in [0.05, 0.1) is 42.0 Å². The Kier molecular flexibility index (Phi) is 6.66. The molecule has 4 rings (SSSR count). The van der Waals surface area contributed by atoms with Crippen molar-refractivity contribution in [3.05, 3.63) is 93.7 Å². The lowest BCUT2D eigenvalue weighted by atomic mass is 10.2. The summed E-state index contributed by atoms with van der Waals surface area (Å²) in [6.07, 6.45) is 3.65. The van der Waals surface area contributed by atoms with E-state index in [2.05, 4.69) is 48.9 Å². The Morgan fingerprint density at radius 3 is 2.38 bits per heavy atom. The van der Waals surface area contributed by atoms with E-state index in [-0.39, 0.29) is 5.82 Å². The van der Waals surface area contributed by atoms with Crippen LogP contribution in [0.5, 0.6) is 0 Å². The minimum absolute atomic E-state index is 0.249. The summed E-state index contributed by atoms with van der Waals surface area (Å²) in [6.45, 7) is 5.13. The molecule has 164 valence electrons. The van der Waals surface area contributed by atoms with Crippen LogP contribution in [-0.2, 0) is 13.1 Å². The minimum atomic E-state index is -0.249. The second kappa shape index (κ2) is 9.62. The van der Waals surface area contributed by atoms with Gasteiger partial charge in [0.25, 0.3) is 0 Å². The number of hydrogen-bond acceptors (Lipinski definition) is 3. The molecule has 0 unspecified atom stereocenters. The molecule has 0 aliphatic carbocycles. The van der Waals surface area contributed by atoms with Gasteiger partial charge in [-0.05, 0) is 61.5 Å². The normalized spacial score (nSPS) is 10.9. The van der Waals surface area contributed by atoms with Gasteiger partial charge in [-0.2, -0.15) is 10.2 Å². The SMILES string of the molecule is Cc1nn(Cc2ccc(F)cc2)c(C)c1NC(=S)Nc1cnn(Cc2ccc(Br)cc2)c1. The Hall–Kier alpha value is -3.04. The third kappa shape index (κ3) is 5.41. The van der Waals surface area contributed by atoms with Crippen LogP contribution in [0.4, 0.5) is 15.8 Å². The maximum absolute atomic E-state index is 13.2. The number of thiocarbonyl (C=S) groups is 1. The van der Waals surface area contributed by atoms with Gasteiger partial charge in [-0.15, -0.1) is 0 Å². The summed E-state index contributed by atoms with van der Waals surface area (Å²) in [5.41, 5.74) is 5.56. The van der Waals surface area contributed by atoms with E-state index >= 15 is 0 Å². The predicted molar refractivity (Wildman–Crippen MR) is 133 cm³/mol. The van der Waals surface area contributed by atoms with Crippen molar-refractivity contribution in [1.82, 2.24) is 19.6 Å². The Morgan fingerprint density at radius 1 is 1.00 bits per heavy atom. The highest BCUT2D eigenvalue weighted by atomic mass is 79.9. The molecule has 0 aliphatic rings. The molecular formula is C23H22BrFN6S. The molecule has 2 heterocycles. The van der Waals surface area contributed by atoms with Crippen LogP contribution < -0.4 is 10.6 Å². The average Bonchev–Trinajstić information content (AvgIpc) is 3.30. The van der Waals surface area contributed by atoms with Crippen LogP contribution in [0.15, 0.2) is 65.4 Å². The molecule has 0 saturated carbocycles. The molecule has 2 aromatic heterocycles. The van der Waals surface area contributed by atoms with E-state index in [1.54, 1.807) is 18.3 Å². The summed E-state index contributed by atoms with van der Waals surface area (Å²) < 4.78 is 17.9. The molecule has 2 aromatic carbocycles. The molecule has 2 N–H and O–H groups in total. The molecule has 0 atom stereocenters. The van der Waals surface area contributed by atoms with Gasteiger partial charge < -0.3 is 10.6 Å². The van der Waals surface area contributed by atoms with Gasteiger partial charge >= 0.3 is 0 Å². The topological polar surface area (TPSA) is 59.7 Å². The van der Waals surface area contributed by atoms with Crippen LogP contribution in [0.25, 0.3) is 0 Å². The molecule has 0 bridgehead atoms. The standard InChI is InChI=1S/C23H22BrFN6S/c1-15-22(16(2)31(29-15)13-18-5-9-20(25)10-6-18)28-23(32)27-21-11-26-30(14-21)12-17-3-7-19(24)8-4-17/h3-11,14H,12-13H2,1-2H3,(H2,27,28,32). The van der Waals surface area contributed by atoms with Gasteiger partial charge in [0.15, 0.2) is 5.11 Å². The number of benzene rings is 2. The van der Waals surface area contributed by atoms with E-state index < -0.39 is 0 Å². The number of halogens is 2. The maximum atomic E-state index is 13.2. The zero-order valence-electron chi connectivity index (χ0n) is 17.6. The summed E-state index contributed by atoms with van der Waals surface area (Å²) in [7, 11) is 0. The minimum Gasteiger partial charge on any atom is -0.330 e. The van der Waals surface area contributed by atoms with Crippen molar-refractivity contribution in [2.45, 2.75) is 26.9 Å². The molecule has 6 nitrogen and oxygen atoms in total. The predicted octanol–water partition coefficient (Wildman–Crippen LogP) is 5.50. The van der Waals surface area contributed by atoms with E-state index in [1.807, 2.05) is 41.5 Å². The van der Waals surface area contributed by atoms with E-state index in [0.29, 0.717) is 18.2 Å². The first-order valence-electron chi connectivity index (χ1n) is 10.0. The third-order valence-corrected chi connectivity index (χ3v) is 5.75. The van der Waals surface area contributed by atoms with E-state index in [9.17, 15) is 4.39 Å². The molecule has 0 aliphatic heterocycles. The number of nitrogens with one attached hydrogen (secondary N) is 2. The maximum Gasteiger partial charge on any atom is 0.175 e. The number of hydrogen-bond donors (Lipinski definition) is 2. The highest BCUT2D eigenvalue weighted by Crippen LogP contribution is 2.21. The van der Waals surface area contributed by atoms with Crippen molar-refractivity contribution in [2.24, 2.45) is 0 Å². The Balaban J connectivity index is 1.39. The summed E-state index contributed by atoms with van der Waals surface area (Å²) >= 11 is 8.95. The first kappa shape index (κ1) is 22.2. The van der Waals surface area contributed by atoms with Gasteiger partial charge in [0.1, 0.15) is 5.82 Å². The van der Waals surface area contributed by atoms with Crippen LogP contribution in [0, 0.1) is 19.7 Å². The molecule has 32 heavy (non-hydrogen) atoms. The lowest BCUT2D eigenvalue weighted by Crippen LogP contribution is -2.19. The van der Waals surface area contributed by atoms with Crippen LogP contribution in [0.1, 0.15) is 22.5 Å². The van der Waals surface area contributed by atoms with Gasteiger partial charge in [-0.25, -0.2) is 4.39 Å². The van der Waals surface area contributed by atoms with Crippen LogP contribution in [0.2, 0.25) is 0 Å². The number of aromatic nitrogens is 4. The van der Waals surface area contributed by atoms with E-state index in [0.717, 1.165) is 38.4 Å². The smallest absolute Gasteiger partial charge is 0.175 e. The van der Waals surface area contributed by atoms with E-state index in [4.69, 9.17) is 12.2 Å². The summed E-state index contributed by atoms with van der Waals surface area (Å²) in [6, 6.07) is 14.6. The third-order valence-electron chi connectivity index (χ3n) is 5.01. The molecule has 9 heteroatoms. The van der Waals surface area contributed by atoms with Crippen molar-refractivity contribution < 1.29 is 4.39 Å². The van der Waals surface area contributed by atoms with Gasteiger partial charge in [0.2, 0.25) is 0 Å². The number of anilines is 2. The van der Waals surface area contributed by atoms with Gasteiger partial charge in [-0.3, -0.25) is 9.36 Å². The molecule has 0 saturated heterocycles. The number of aryl methyl sites for hydroxylation is 1. The van der Waals surface area contributed by atoms with Crippen molar-refractivity contribution in [2.75, 3.05) is 10.6 Å². The highest BCUT2D eigenvalue weighted by molar-refractivity contribution is 9.10. The quantitative estimate of drug-likeness (QED) is 0.334. The largest absolute Gasteiger partial charge is 0.330 e. The average molecular weight is 513 g/mol. The first-order chi connectivity index (χ1) is 15.4. The molecule has 0 radical (unpaired) electrons. The number of rotatable bonds is 6. The second-order valence-corrected chi connectivity index (χ2v) is 8.79. The molecular weight excluding hydrogens is 491 g/mol. The zero-order chi connectivity index (χ0) is 22.7. The van der Waals surface area contributed by atoms with Crippen molar-refractivity contribution in [3.8, 4) is 0 Å². The fourth-order valence-corrected chi connectivity index (χ4v) is 3.85. The number of nitrogens with zero attached hydrogens (tertiary/aromatic N) is 4. The van der Waals surface area contributed by atoms with Gasteiger partial charge in [-0.1, -0.05) is 40.2 Å². The lowest BCUT2D eigenvalue weighted by molar-refractivity contribution is 0.622. The molecule has 0 spiro atoms. The fourth-order valence-electron chi connectivity index (χ4n) is 3.36. The van der Waals surface area contributed by atoms with Crippen molar-refractivity contribution in [1.29, 1.82) is 0 Å².